The zero-order valence-electron chi connectivity index (χ0n) is 12.2. The number of anilines is 1. The summed E-state index contributed by atoms with van der Waals surface area (Å²) < 4.78 is 7.14. The van der Waals surface area contributed by atoms with Crippen LogP contribution in [0.15, 0.2) is 42.9 Å². The first-order chi connectivity index (χ1) is 10.3. The quantitative estimate of drug-likeness (QED) is 0.731. The number of pyridine rings is 1. The SMILES string of the molecule is COCCNc1nc(C)cn1-c1cccc2ccncc12. The molecule has 0 atom stereocenters. The van der Waals surface area contributed by atoms with Crippen molar-refractivity contribution >= 4 is 16.7 Å². The first kappa shape index (κ1) is 13.6. The van der Waals surface area contributed by atoms with E-state index in [9.17, 15) is 0 Å². The lowest BCUT2D eigenvalue weighted by Crippen LogP contribution is -2.11. The van der Waals surface area contributed by atoms with Crippen LogP contribution in [0.5, 0.6) is 0 Å². The van der Waals surface area contributed by atoms with Crippen LogP contribution in [0.3, 0.4) is 0 Å². The van der Waals surface area contributed by atoms with Crippen LogP contribution in [-0.4, -0.2) is 34.8 Å². The molecule has 0 aliphatic rings. The number of methoxy groups -OCH3 is 1. The van der Waals surface area contributed by atoms with Crippen LogP contribution >= 0.6 is 0 Å². The van der Waals surface area contributed by atoms with Gasteiger partial charge in [-0.2, -0.15) is 0 Å². The van der Waals surface area contributed by atoms with Crippen LogP contribution in [0.25, 0.3) is 16.5 Å². The van der Waals surface area contributed by atoms with Crippen LogP contribution in [0.2, 0.25) is 0 Å². The van der Waals surface area contributed by atoms with E-state index in [1.165, 1.54) is 0 Å². The highest BCUT2D eigenvalue weighted by Gasteiger charge is 2.10. The highest BCUT2D eigenvalue weighted by atomic mass is 16.5. The zero-order valence-corrected chi connectivity index (χ0v) is 12.2. The third kappa shape index (κ3) is 2.73. The number of rotatable bonds is 5. The molecule has 1 N–H and O–H groups in total. The van der Waals surface area contributed by atoms with Gasteiger partial charge >= 0.3 is 0 Å². The first-order valence-corrected chi connectivity index (χ1v) is 6.91. The van der Waals surface area contributed by atoms with Crippen molar-refractivity contribution in [3.63, 3.8) is 0 Å². The van der Waals surface area contributed by atoms with Gasteiger partial charge < -0.3 is 10.1 Å². The van der Waals surface area contributed by atoms with Crippen molar-refractivity contribution in [2.24, 2.45) is 0 Å². The van der Waals surface area contributed by atoms with Gasteiger partial charge in [-0.15, -0.1) is 0 Å². The van der Waals surface area contributed by atoms with Gasteiger partial charge in [-0.1, -0.05) is 12.1 Å². The zero-order chi connectivity index (χ0) is 14.7. The van der Waals surface area contributed by atoms with Gasteiger partial charge in [0.15, 0.2) is 0 Å². The fourth-order valence-electron chi connectivity index (χ4n) is 2.38. The van der Waals surface area contributed by atoms with E-state index in [1.807, 2.05) is 37.6 Å². The van der Waals surface area contributed by atoms with Gasteiger partial charge in [-0.25, -0.2) is 4.98 Å². The molecule has 0 saturated carbocycles. The number of ether oxygens (including phenoxy) is 1. The van der Waals surface area contributed by atoms with E-state index < -0.39 is 0 Å². The Morgan fingerprint density at radius 2 is 2.19 bits per heavy atom. The van der Waals surface area contributed by atoms with Crippen LogP contribution < -0.4 is 5.32 Å². The number of nitrogens with zero attached hydrogens (tertiary/aromatic N) is 3. The van der Waals surface area contributed by atoms with E-state index >= 15 is 0 Å². The number of aryl methyl sites for hydroxylation is 1. The molecule has 0 fully saturated rings. The normalized spacial score (nSPS) is 11.0. The highest BCUT2D eigenvalue weighted by Crippen LogP contribution is 2.24. The number of fused-ring (bicyclic) bond motifs is 1. The van der Waals surface area contributed by atoms with Crippen LogP contribution in [0.1, 0.15) is 5.69 Å². The average molecular weight is 282 g/mol. The molecule has 0 unspecified atom stereocenters. The monoisotopic (exact) mass is 282 g/mol. The summed E-state index contributed by atoms with van der Waals surface area (Å²) in [5, 5.41) is 5.57. The maximum absolute atomic E-state index is 5.08. The van der Waals surface area contributed by atoms with Crippen molar-refractivity contribution in [1.82, 2.24) is 14.5 Å². The largest absolute Gasteiger partial charge is 0.383 e. The molecule has 0 radical (unpaired) electrons. The Hall–Kier alpha value is -2.40. The molecule has 5 heteroatoms. The lowest BCUT2D eigenvalue weighted by molar-refractivity contribution is 0.210. The summed E-state index contributed by atoms with van der Waals surface area (Å²) in [5.74, 6) is 0.820. The molecule has 21 heavy (non-hydrogen) atoms. The van der Waals surface area contributed by atoms with E-state index in [0.29, 0.717) is 6.61 Å². The first-order valence-electron chi connectivity index (χ1n) is 6.91. The molecule has 5 nitrogen and oxygen atoms in total. The summed E-state index contributed by atoms with van der Waals surface area (Å²) >= 11 is 0. The molecule has 0 saturated heterocycles. The fraction of sp³-hybridized carbons (Fsp3) is 0.250. The van der Waals surface area contributed by atoms with Gasteiger partial charge in [0.2, 0.25) is 5.95 Å². The number of hydrogen-bond donors (Lipinski definition) is 1. The predicted octanol–water partition coefficient (Wildman–Crippen LogP) is 2.79. The summed E-state index contributed by atoms with van der Waals surface area (Å²) in [6.45, 7) is 3.35. The third-order valence-corrected chi connectivity index (χ3v) is 3.34. The molecular weight excluding hydrogens is 264 g/mol. The van der Waals surface area contributed by atoms with Crippen molar-refractivity contribution in [3.8, 4) is 5.69 Å². The van der Waals surface area contributed by atoms with E-state index in [-0.39, 0.29) is 0 Å². The van der Waals surface area contributed by atoms with Gasteiger partial charge in [0.1, 0.15) is 0 Å². The van der Waals surface area contributed by atoms with Crippen molar-refractivity contribution in [2.45, 2.75) is 6.92 Å². The predicted molar refractivity (Wildman–Crippen MR) is 84.0 cm³/mol. The summed E-state index contributed by atoms with van der Waals surface area (Å²) in [6, 6.07) is 8.22. The molecule has 0 spiro atoms. The number of aromatic nitrogens is 3. The van der Waals surface area contributed by atoms with Gasteiger partial charge in [0.05, 0.1) is 18.0 Å². The second-order valence-corrected chi connectivity index (χ2v) is 4.87. The third-order valence-electron chi connectivity index (χ3n) is 3.34. The maximum Gasteiger partial charge on any atom is 0.207 e. The van der Waals surface area contributed by atoms with Crippen LogP contribution in [0.4, 0.5) is 5.95 Å². The maximum atomic E-state index is 5.08. The van der Waals surface area contributed by atoms with Crippen molar-refractivity contribution in [3.05, 3.63) is 48.5 Å². The summed E-state index contributed by atoms with van der Waals surface area (Å²) in [7, 11) is 1.69. The molecule has 2 aromatic heterocycles. The molecule has 0 bridgehead atoms. The van der Waals surface area contributed by atoms with E-state index in [4.69, 9.17) is 4.74 Å². The second kappa shape index (κ2) is 5.93. The van der Waals surface area contributed by atoms with Gasteiger partial charge in [0, 0.05) is 37.6 Å². The van der Waals surface area contributed by atoms with Crippen LogP contribution in [0, 0.1) is 6.92 Å². The molecule has 108 valence electrons. The van der Waals surface area contributed by atoms with Gasteiger partial charge in [0.25, 0.3) is 0 Å². The van der Waals surface area contributed by atoms with Crippen molar-refractivity contribution < 1.29 is 4.74 Å². The molecule has 0 amide bonds. The number of nitrogens with one attached hydrogen (secondary N) is 1. The fourth-order valence-corrected chi connectivity index (χ4v) is 2.38. The molecule has 3 rings (SSSR count). The van der Waals surface area contributed by atoms with Gasteiger partial charge in [-0.05, 0) is 24.4 Å². The minimum atomic E-state index is 0.642. The Kier molecular flexibility index (Phi) is 3.83. The van der Waals surface area contributed by atoms with E-state index in [0.717, 1.165) is 34.6 Å². The Morgan fingerprint density at radius 1 is 1.29 bits per heavy atom. The van der Waals surface area contributed by atoms with Crippen molar-refractivity contribution in [2.75, 3.05) is 25.6 Å². The molecule has 0 aliphatic heterocycles. The summed E-state index contributed by atoms with van der Waals surface area (Å²) in [6.07, 6.45) is 5.72. The highest BCUT2D eigenvalue weighted by molar-refractivity contribution is 5.89. The van der Waals surface area contributed by atoms with Crippen molar-refractivity contribution in [1.29, 1.82) is 0 Å². The molecule has 3 aromatic rings. The number of benzene rings is 1. The molecular formula is C16H18N4O. The Morgan fingerprint density at radius 3 is 3.05 bits per heavy atom. The smallest absolute Gasteiger partial charge is 0.207 e. The van der Waals surface area contributed by atoms with E-state index in [2.05, 4.69) is 32.0 Å². The summed E-state index contributed by atoms with van der Waals surface area (Å²) in [4.78, 5) is 8.78. The lowest BCUT2D eigenvalue weighted by atomic mass is 10.1. The van der Waals surface area contributed by atoms with Crippen LogP contribution in [-0.2, 0) is 4.74 Å². The average Bonchev–Trinajstić information content (AvgIpc) is 2.88. The molecule has 2 heterocycles. The number of imidazole rings is 1. The lowest BCUT2D eigenvalue weighted by Gasteiger charge is -2.11. The Bertz CT molecular complexity index is 746. The second-order valence-electron chi connectivity index (χ2n) is 4.87. The standard InChI is InChI=1S/C16H18N4O/c1-12-11-20(16(19-12)18-8-9-21-2)15-5-3-4-13-6-7-17-10-14(13)15/h3-7,10-11H,8-9H2,1-2H3,(H,18,19). The molecule has 0 aliphatic carbocycles. The topological polar surface area (TPSA) is 52.0 Å². The minimum absolute atomic E-state index is 0.642. The van der Waals surface area contributed by atoms with E-state index in [1.54, 1.807) is 7.11 Å². The number of hydrogen-bond acceptors (Lipinski definition) is 4. The summed E-state index contributed by atoms with van der Waals surface area (Å²) in [5.41, 5.74) is 2.04. The Labute approximate surface area is 123 Å². The van der Waals surface area contributed by atoms with Gasteiger partial charge in [-0.3, -0.25) is 9.55 Å². The molecule has 1 aromatic carbocycles. The Balaban J connectivity index is 2.06. The minimum Gasteiger partial charge on any atom is -0.383 e.